The van der Waals surface area contributed by atoms with Crippen LogP contribution in [0.1, 0.15) is 11.4 Å². The van der Waals surface area contributed by atoms with Crippen LogP contribution in [0, 0.1) is 0 Å². The molecule has 2 aromatic heterocycles. The zero-order chi connectivity index (χ0) is 21.2. The van der Waals surface area contributed by atoms with Crippen LogP contribution in [0.2, 0.25) is 0 Å². The van der Waals surface area contributed by atoms with E-state index in [-0.39, 0.29) is 17.9 Å². The lowest BCUT2D eigenvalue weighted by Gasteiger charge is -2.27. The second-order valence-corrected chi connectivity index (χ2v) is 7.64. The van der Waals surface area contributed by atoms with E-state index in [0.29, 0.717) is 44.5 Å². The summed E-state index contributed by atoms with van der Waals surface area (Å²) in [5, 5.41) is 0. The minimum atomic E-state index is -0.251. The molecule has 31 heavy (non-hydrogen) atoms. The molecule has 0 aliphatic carbocycles. The van der Waals surface area contributed by atoms with Gasteiger partial charge in [0.25, 0.3) is 5.56 Å². The number of hydrogen-bond donors (Lipinski definition) is 1. The number of pyridine rings is 1. The number of H-pyrrole nitrogens is 1. The maximum Gasteiger partial charge on any atom is 0.252 e. The number of fused-ring (bicyclic) bond motifs is 1. The van der Waals surface area contributed by atoms with Crippen molar-refractivity contribution in [3.05, 3.63) is 70.4 Å². The molecule has 2 aliphatic heterocycles. The molecule has 0 atom stereocenters. The van der Waals surface area contributed by atoms with Gasteiger partial charge in [0.05, 0.1) is 25.3 Å². The van der Waals surface area contributed by atoms with E-state index < -0.39 is 0 Å². The lowest BCUT2D eigenvalue weighted by Crippen LogP contribution is -2.38. The summed E-state index contributed by atoms with van der Waals surface area (Å²) in [6, 6.07) is 13.3. The fraction of sp³-hybridized carbons (Fsp3) is 0.304. The van der Waals surface area contributed by atoms with Crippen LogP contribution < -0.4 is 15.4 Å². The van der Waals surface area contributed by atoms with Crippen molar-refractivity contribution < 1.29 is 9.53 Å². The van der Waals surface area contributed by atoms with E-state index in [1.807, 2.05) is 41.3 Å². The fourth-order valence-electron chi connectivity index (χ4n) is 4.23. The standard InChI is InChI=1S/C23H23N5O3/c29-22-15-21(27-10-12-31-13-11-27)25-20(26-22)14-23(30)28-9-7-17-16(4-3-6-19(17)28)18-5-1-2-8-24-18/h1-6,8,15H,7,9-14H2,(H,25,26,29). The Morgan fingerprint density at radius 1 is 1.10 bits per heavy atom. The molecule has 0 bridgehead atoms. The molecule has 0 spiro atoms. The summed E-state index contributed by atoms with van der Waals surface area (Å²) in [7, 11) is 0. The van der Waals surface area contributed by atoms with Crippen LogP contribution in [-0.2, 0) is 22.4 Å². The Balaban J connectivity index is 1.39. The summed E-state index contributed by atoms with van der Waals surface area (Å²) in [5.74, 6) is 0.890. The summed E-state index contributed by atoms with van der Waals surface area (Å²) < 4.78 is 5.37. The third-order valence-electron chi connectivity index (χ3n) is 5.70. The van der Waals surface area contributed by atoms with Crippen LogP contribution in [-0.4, -0.2) is 53.7 Å². The molecule has 1 amide bonds. The molecule has 5 rings (SSSR count). The van der Waals surface area contributed by atoms with E-state index in [1.54, 1.807) is 11.1 Å². The number of rotatable bonds is 4. The van der Waals surface area contributed by atoms with Crippen LogP contribution in [0.3, 0.4) is 0 Å². The summed E-state index contributed by atoms with van der Waals surface area (Å²) in [6.45, 7) is 3.17. The fourth-order valence-corrected chi connectivity index (χ4v) is 4.23. The third kappa shape index (κ3) is 3.94. The quantitative estimate of drug-likeness (QED) is 0.696. The lowest BCUT2D eigenvalue weighted by molar-refractivity contribution is -0.118. The van der Waals surface area contributed by atoms with Gasteiger partial charge in [0.2, 0.25) is 5.91 Å². The molecule has 8 nitrogen and oxygen atoms in total. The number of nitrogens with one attached hydrogen (secondary N) is 1. The third-order valence-corrected chi connectivity index (χ3v) is 5.70. The van der Waals surface area contributed by atoms with Crippen molar-refractivity contribution >= 4 is 17.4 Å². The average molecular weight is 417 g/mol. The van der Waals surface area contributed by atoms with E-state index in [9.17, 15) is 9.59 Å². The molecule has 8 heteroatoms. The second kappa shape index (κ2) is 8.31. The molecule has 0 saturated carbocycles. The van der Waals surface area contributed by atoms with E-state index in [4.69, 9.17) is 4.74 Å². The molecule has 3 aromatic rings. The normalized spacial score (nSPS) is 15.7. The summed E-state index contributed by atoms with van der Waals surface area (Å²) >= 11 is 0. The Morgan fingerprint density at radius 3 is 2.77 bits per heavy atom. The molecule has 0 unspecified atom stereocenters. The van der Waals surface area contributed by atoms with Gasteiger partial charge in [-0.05, 0) is 30.2 Å². The zero-order valence-electron chi connectivity index (χ0n) is 17.1. The monoisotopic (exact) mass is 417 g/mol. The first kappa shape index (κ1) is 19.4. The van der Waals surface area contributed by atoms with Crippen molar-refractivity contribution in [2.75, 3.05) is 42.6 Å². The van der Waals surface area contributed by atoms with Crippen molar-refractivity contribution in [2.45, 2.75) is 12.8 Å². The first-order valence-corrected chi connectivity index (χ1v) is 10.5. The average Bonchev–Trinajstić information content (AvgIpc) is 3.24. The van der Waals surface area contributed by atoms with Gasteiger partial charge in [0, 0.05) is 43.1 Å². The Labute approximate surface area is 179 Å². The van der Waals surface area contributed by atoms with Crippen LogP contribution in [0.4, 0.5) is 11.5 Å². The number of morpholine rings is 1. The van der Waals surface area contributed by atoms with Gasteiger partial charge < -0.3 is 19.5 Å². The molecule has 1 aromatic carbocycles. The van der Waals surface area contributed by atoms with Crippen molar-refractivity contribution in [1.82, 2.24) is 15.0 Å². The van der Waals surface area contributed by atoms with Gasteiger partial charge in [-0.25, -0.2) is 4.98 Å². The van der Waals surface area contributed by atoms with Gasteiger partial charge in [-0.2, -0.15) is 0 Å². The predicted octanol–water partition coefficient (Wildman–Crippen LogP) is 1.80. The Kier molecular flexibility index (Phi) is 5.21. The van der Waals surface area contributed by atoms with Crippen molar-refractivity contribution in [3.8, 4) is 11.3 Å². The molecule has 1 saturated heterocycles. The SMILES string of the molecule is O=C(Cc1nc(N2CCOCC2)cc(=O)[nH]1)N1CCc2c(-c3ccccn3)cccc21. The largest absolute Gasteiger partial charge is 0.378 e. The number of amides is 1. The molecule has 0 radical (unpaired) electrons. The smallest absolute Gasteiger partial charge is 0.252 e. The Hall–Kier alpha value is -3.52. The number of hydrogen-bond acceptors (Lipinski definition) is 6. The molecule has 158 valence electrons. The minimum Gasteiger partial charge on any atom is -0.378 e. The summed E-state index contributed by atoms with van der Waals surface area (Å²) in [4.78, 5) is 40.8. The number of anilines is 2. The van der Waals surface area contributed by atoms with E-state index in [0.717, 1.165) is 28.9 Å². The number of carbonyl (C=O) groups is 1. The van der Waals surface area contributed by atoms with Gasteiger partial charge in [0.15, 0.2) is 0 Å². The van der Waals surface area contributed by atoms with Crippen LogP contribution in [0.25, 0.3) is 11.3 Å². The van der Waals surface area contributed by atoms with E-state index in [2.05, 4.69) is 15.0 Å². The van der Waals surface area contributed by atoms with Crippen molar-refractivity contribution in [2.24, 2.45) is 0 Å². The zero-order valence-corrected chi connectivity index (χ0v) is 17.1. The molecule has 1 N–H and O–H groups in total. The van der Waals surface area contributed by atoms with Crippen molar-refractivity contribution in [1.29, 1.82) is 0 Å². The molecule has 2 aliphatic rings. The Morgan fingerprint density at radius 2 is 1.97 bits per heavy atom. The van der Waals surface area contributed by atoms with Crippen LogP contribution in [0.5, 0.6) is 0 Å². The first-order valence-electron chi connectivity index (χ1n) is 10.5. The molecular formula is C23H23N5O3. The highest BCUT2D eigenvalue weighted by molar-refractivity contribution is 5.97. The molecule has 1 fully saturated rings. The van der Waals surface area contributed by atoms with Crippen LogP contribution >= 0.6 is 0 Å². The van der Waals surface area contributed by atoms with E-state index in [1.165, 1.54) is 6.07 Å². The summed E-state index contributed by atoms with van der Waals surface area (Å²) in [5.41, 5.74) is 3.73. The maximum atomic E-state index is 13.1. The van der Waals surface area contributed by atoms with Gasteiger partial charge in [-0.3, -0.25) is 14.6 Å². The number of carbonyl (C=O) groups excluding carboxylic acids is 1. The van der Waals surface area contributed by atoms with Crippen molar-refractivity contribution in [3.63, 3.8) is 0 Å². The number of aromatic amines is 1. The number of ether oxygens (including phenoxy) is 1. The lowest BCUT2D eigenvalue weighted by atomic mass is 10.0. The predicted molar refractivity (Wildman–Crippen MR) is 117 cm³/mol. The maximum absolute atomic E-state index is 13.1. The summed E-state index contributed by atoms with van der Waals surface area (Å²) in [6.07, 6.45) is 2.59. The highest BCUT2D eigenvalue weighted by Gasteiger charge is 2.27. The number of benzene rings is 1. The first-order chi connectivity index (χ1) is 15.2. The topological polar surface area (TPSA) is 91.4 Å². The highest BCUT2D eigenvalue weighted by Crippen LogP contribution is 2.35. The van der Waals surface area contributed by atoms with Gasteiger partial charge in [0.1, 0.15) is 11.6 Å². The second-order valence-electron chi connectivity index (χ2n) is 7.64. The van der Waals surface area contributed by atoms with Gasteiger partial charge >= 0.3 is 0 Å². The van der Waals surface area contributed by atoms with Gasteiger partial charge in [-0.15, -0.1) is 0 Å². The minimum absolute atomic E-state index is 0.0423. The number of nitrogens with zero attached hydrogens (tertiary/aromatic N) is 4. The Bertz CT molecular complexity index is 1160. The highest BCUT2D eigenvalue weighted by atomic mass is 16.5. The number of aromatic nitrogens is 3. The van der Waals surface area contributed by atoms with Gasteiger partial charge in [-0.1, -0.05) is 18.2 Å². The molecule has 4 heterocycles. The molecular weight excluding hydrogens is 394 g/mol. The van der Waals surface area contributed by atoms with Crippen LogP contribution in [0.15, 0.2) is 53.5 Å². The van der Waals surface area contributed by atoms with E-state index >= 15 is 0 Å².